The minimum atomic E-state index is 0.475. The highest BCUT2D eigenvalue weighted by Crippen LogP contribution is 2.30. The van der Waals surface area contributed by atoms with Crippen molar-refractivity contribution in [1.82, 2.24) is 15.3 Å². The number of nitrogens with one attached hydrogen (secondary N) is 2. The first-order valence-electron chi connectivity index (χ1n) is 10.8. The molecule has 160 valence electrons. The summed E-state index contributed by atoms with van der Waals surface area (Å²) >= 11 is 5.47. The van der Waals surface area contributed by atoms with E-state index in [0.29, 0.717) is 17.6 Å². The van der Waals surface area contributed by atoms with Gasteiger partial charge in [-0.3, -0.25) is 0 Å². The first-order valence-corrected chi connectivity index (χ1v) is 11.2. The number of hydrogen-bond acceptors (Lipinski definition) is 6. The number of piperidine rings is 1. The van der Waals surface area contributed by atoms with Crippen molar-refractivity contribution in [2.45, 2.75) is 38.9 Å². The summed E-state index contributed by atoms with van der Waals surface area (Å²) in [6.45, 7) is 4.27. The highest BCUT2D eigenvalue weighted by Gasteiger charge is 2.23. The van der Waals surface area contributed by atoms with Crippen LogP contribution in [0.15, 0.2) is 53.1 Å². The topological polar surface area (TPSA) is 69.5 Å². The van der Waals surface area contributed by atoms with E-state index in [1.165, 1.54) is 30.4 Å². The molecular formula is C23H26N6OS. The maximum absolute atomic E-state index is 5.47. The van der Waals surface area contributed by atoms with Crippen molar-refractivity contribution in [3.63, 3.8) is 0 Å². The van der Waals surface area contributed by atoms with Gasteiger partial charge in [0.25, 0.3) is 0 Å². The smallest absolute Gasteiger partial charge is 0.232 e. The number of rotatable bonds is 5. The van der Waals surface area contributed by atoms with Gasteiger partial charge in [-0.1, -0.05) is 24.3 Å². The van der Waals surface area contributed by atoms with E-state index in [2.05, 4.69) is 50.8 Å². The van der Waals surface area contributed by atoms with E-state index >= 15 is 0 Å². The first-order chi connectivity index (χ1) is 15.2. The van der Waals surface area contributed by atoms with E-state index in [4.69, 9.17) is 26.6 Å². The minimum absolute atomic E-state index is 0.475. The zero-order chi connectivity index (χ0) is 21.0. The monoisotopic (exact) mass is 434 g/mol. The van der Waals surface area contributed by atoms with Crippen LogP contribution in [-0.2, 0) is 19.6 Å². The van der Waals surface area contributed by atoms with Crippen LogP contribution in [0.2, 0.25) is 0 Å². The van der Waals surface area contributed by atoms with Gasteiger partial charge in [0, 0.05) is 32.2 Å². The zero-order valence-electron chi connectivity index (χ0n) is 17.4. The second-order valence-electron chi connectivity index (χ2n) is 7.97. The van der Waals surface area contributed by atoms with Crippen LogP contribution in [-0.4, -0.2) is 28.2 Å². The molecule has 0 aliphatic carbocycles. The fourth-order valence-corrected chi connectivity index (χ4v) is 4.31. The lowest BCUT2D eigenvalue weighted by atomic mass is 10.1. The number of aromatic nitrogens is 2. The molecule has 0 bridgehead atoms. The van der Waals surface area contributed by atoms with Gasteiger partial charge in [-0.15, -0.1) is 0 Å². The fourth-order valence-electron chi connectivity index (χ4n) is 4.15. The molecule has 2 aliphatic heterocycles. The lowest BCUT2D eigenvalue weighted by molar-refractivity contribution is 0.503. The Morgan fingerprint density at radius 3 is 2.32 bits per heavy atom. The van der Waals surface area contributed by atoms with Gasteiger partial charge in [-0.25, -0.2) is 0 Å². The highest BCUT2D eigenvalue weighted by molar-refractivity contribution is 7.80. The second-order valence-corrected chi connectivity index (χ2v) is 8.38. The van der Waals surface area contributed by atoms with Gasteiger partial charge in [0.1, 0.15) is 17.4 Å². The second kappa shape index (κ2) is 8.93. The molecule has 8 heteroatoms. The Labute approximate surface area is 187 Å². The van der Waals surface area contributed by atoms with E-state index in [1.54, 1.807) is 6.26 Å². The third-order valence-electron chi connectivity index (χ3n) is 5.77. The summed E-state index contributed by atoms with van der Waals surface area (Å²) in [5.74, 6) is 3.22. The van der Waals surface area contributed by atoms with Crippen molar-refractivity contribution >= 4 is 34.9 Å². The van der Waals surface area contributed by atoms with Crippen molar-refractivity contribution in [1.29, 1.82) is 0 Å². The predicted octanol–water partition coefficient (Wildman–Crippen LogP) is 4.07. The number of anilines is 3. The molecule has 0 spiro atoms. The molecule has 2 aromatic heterocycles. The molecule has 0 radical (unpaired) electrons. The van der Waals surface area contributed by atoms with Crippen LogP contribution in [0.5, 0.6) is 0 Å². The molecule has 2 aliphatic rings. The van der Waals surface area contributed by atoms with E-state index < -0.39 is 0 Å². The van der Waals surface area contributed by atoms with Crippen LogP contribution < -0.4 is 20.4 Å². The number of thiocarbonyl (C=S) groups is 1. The van der Waals surface area contributed by atoms with Gasteiger partial charge < -0.3 is 24.9 Å². The summed E-state index contributed by atoms with van der Waals surface area (Å²) in [5, 5.41) is 6.80. The van der Waals surface area contributed by atoms with Crippen molar-refractivity contribution in [2.75, 3.05) is 28.2 Å². The van der Waals surface area contributed by atoms with Crippen LogP contribution in [0.25, 0.3) is 0 Å². The van der Waals surface area contributed by atoms with Gasteiger partial charge in [-0.2, -0.15) is 9.97 Å². The van der Waals surface area contributed by atoms with Crippen LogP contribution in [0.1, 0.15) is 36.1 Å². The number of hydrogen-bond donors (Lipinski definition) is 2. The van der Waals surface area contributed by atoms with Crippen LogP contribution in [0.3, 0.4) is 0 Å². The van der Waals surface area contributed by atoms with Gasteiger partial charge in [-0.05, 0) is 54.7 Å². The molecule has 0 unspecified atom stereocenters. The average Bonchev–Trinajstić information content (AvgIpc) is 3.48. The van der Waals surface area contributed by atoms with E-state index in [1.807, 2.05) is 12.1 Å². The number of fused-ring (bicyclic) bond motifs is 1. The molecule has 0 atom stereocenters. The quantitative estimate of drug-likeness (QED) is 0.583. The number of benzene rings is 1. The fraction of sp³-hybridized carbons (Fsp3) is 0.348. The Hall–Kier alpha value is -3.13. The highest BCUT2D eigenvalue weighted by atomic mass is 32.1. The number of furan rings is 1. The van der Waals surface area contributed by atoms with Crippen LogP contribution in [0.4, 0.5) is 17.6 Å². The lowest BCUT2D eigenvalue weighted by Crippen LogP contribution is -2.32. The third kappa shape index (κ3) is 4.64. The first kappa shape index (κ1) is 19.8. The predicted molar refractivity (Wildman–Crippen MR) is 126 cm³/mol. The Kier molecular flexibility index (Phi) is 5.71. The third-order valence-corrected chi connectivity index (χ3v) is 6.02. The average molecular weight is 435 g/mol. The van der Waals surface area contributed by atoms with E-state index in [-0.39, 0.29) is 0 Å². The van der Waals surface area contributed by atoms with Crippen molar-refractivity contribution < 1.29 is 4.42 Å². The van der Waals surface area contributed by atoms with Crippen molar-refractivity contribution in [2.24, 2.45) is 0 Å². The summed E-state index contributed by atoms with van der Waals surface area (Å²) in [6.07, 6.45) is 5.32. The molecule has 0 saturated carbocycles. The standard InChI is InChI=1S/C23H26N6OS/c31-23(24-14-19-9-6-12-30-19)27-22-25-20(28-10-4-1-5-11-28)13-21(26-22)29-15-17-7-2-3-8-18(17)16-29/h2-3,6-9,12-13H,1,4-5,10-11,14-16H2,(H2,24,25,26,27,31). The molecule has 7 nitrogen and oxygen atoms in total. The molecule has 3 aromatic rings. The normalized spacial score (nSPS) is 15.6. The summed E-state index contributed by atoms with van der Waals surface area (Å²) < 4.78 is 5.36. The Morgan fingerprint density at radius 1 is 0.935 bits per heavy atom. The molecule has 2 N–H and O–H groups in total. The Bertz CT molecular complexity index is 1020. The summed E-state index contributed by atoms with van der Waals surface area (Å²) in [6, 6.07) is 14.5. The van der Waals surface area contributed by atoms with Gasteiger partial charge in [0.05, 0.1) is 12.8 Å². The molecule has 1 aromatic carbocycles. The minimum Gasteiger partial charge on any atom is -0.467 e. The summed E-state index contributed by atoms with van der Waals surface area (Å²) in [7, 11) is 0. The molecular weight excluding hydrogens is 408 g/mol. The Morgan fingerprint density at radius 2 is 1.65 bits per heavy atom. The van der Waals surface area contributed by atoms with Crippen LogP contribution >= 0.6 is 12.2 Å². The van der Waals surface area contributed by atoms with E-state index in [0.717, 1.165) is 43.6 Å². The largest absolute Gasteiger partial charge is 0.467 e. The SMILES string of the molecule is S=C(NCc1ccco1)Nc1nc(N2CCCCC2)cc(N2Cc3ccccc3C2)n1. The molecule has 1 saturated heterocycles. The maximum atomic E-state index is 5.47. The molecule has 5 rings (SSSR count). The summed E-state index contributed by atoms with van der Waals surface area (Å²) in [5.41, 5.74) is 2.71. The Balaban J connectivity index is 1.36. The van der Waals surface area contributed by atoms with Gasteiger partial charge in [0.15, 0.2) is 5.11 Å². The zero-order valence-corrected chi connectivity index (χ0v) is 18.2. The number of nitrogens with zero attached hydrogens (tertiary/aromatic N) is 4. The van der Waals surface area contributed by atoms with Gasteiger partial charge >= 0.3 is 0 Å². The van der Waals surface area contributed by atoms with E-state index in [9.17, 15) is 0 Å². The van der Waals surface area contributed by atoms with Gasteiger partial charge in [0.2, 0.25) is 5.95 Å². The summed E-state index contributed by atoms with van der Waals surface area (Å²) in [4.78, 5) is 14.2. The molecule has 1 fully saturated rings. The molecule has 4 heterocycles. The van der Waals surface area contributed by atoms with Crippen molar-refractivity contribution in [3.8, 4) is 0 Å². The lowest BCUT2D eigenvalue weighted by Gasteiger charge is -2.29. The molecule has 31 heavy (non-hydrogen) atoms. The molecule has 0 amide bonds. The van der Waals surface area contributed by atoms with Crippen molar-refractivity contribution in [3.05, 3.63) is 65.6 Å². The maximum Gasteiger partial charge on any atom is 0.232 e. The van der Waals surface area contributed by atoms with Crippen LogP contribution in [0, 0.1) is 0 Å².